The molecule has 2 aliphatic carbocycles. The second-order valence-corrected chi connectivity index (χ2v) is 15.4. The first-order valence-electron chi connectivity index (χ1n) is 19.1. The van der Waals surface area contributed by atoms with Crippen LogP contribution in [-0.4, -0.2) is 118 Å². The van der Waals surface area contributed by atoms with E-state index in [1.807, 2.05) is 111 Å². The Morgan fingerprint density at radius 1 is 0.643 bits per heavy atom. The number of hydrogen-bond donors (Lipinski definition) is 0. The van der Waals surface area contributed by atoms with Crippen LogP contribution in [0.5, 0.6) is 0 Å². The lowest BCUT2D eigenvalue weighted by molar-refractivity contribution is -0.459. The molecular weight excluding hydrogens is 716 g/mol. The molecule has 4 fully saturated rings. The van der Waals surface area contributed by atoms with Gasteiger partial charge in [-0.2, -0.15) is 0 Å². The maximum absolute atomic E-state index is 12.3. The van der Waals surface area contributed by atoms with Crippen LogP contribution < -0.4 is 10.2 Å². The number of amides is 2. The molecule has 2 atom stereocenters. The van der Waals surface area contributed by atoms with Gasteiger partial charge in [-0.1, -0.05) is 60.7 Å². The Morgan fingerprint density at radius 2 is 0.964 bits per heavy atom. The minimum atomic E-state index is -2.33. The van der Waals surface area contributed by atoms with Crippen molar-refractivity contribution >= 4 is 30.8 Å². The SMILES string of the molecule is CO/C=C(\C=[N+](C)C)[C@@H]1CC12CCN(C(=O)OCc1ccccc1)CC2.CO/C=C(\C=[N+](C)C)[C@@H]1CC12CCN(C(=O)OCc1ccccc1)CC2.O=C([O-])[O-]. The standard InChI is InChI=1S/2C21H29N2O3.CH2O3/c2*1-22(2)14-18(16-25-3)19-13-21(19)9-11-23(12-10-21)20(24)26-15-17-7-5-4-6-8-17;2-1(3)4/h2*4-8,14,16,19H,9-13,15H2,1-3H3;(H2,2,3,4)/q2*+1;/p-2/b2*18-16+;/t2*19-;/m00./s1. The van der Waals surface area contributed by atoms with Gasteiger partial charge in [0.2, 0.25) is 0 Å². The number of benzene rings is 2. The topological polar surface area (TPSA) is 147 Å². The molecule has 2 aromatic rings. The number of likely N-dealkylation sites (tertiary alicyclic amines) is 2. The molecule has 13 nitrogen and oxygen atoms in total. The lowest BCUT2D eigenvalue weighted by Gasteiger charge is -2.32. The number of carboxylic acid groups (broad SMARTS) is 2. The number of nitrogens with zero attached hydrogens (tertiary/aromatic N) is 4. The van der Waals surface area contributed by atoms with Gasteiger partial charge in [-0.3, -0.25) is 0 Å². The second-order valence-electron chi connectivity index (χ2n) is 15.4. The first-order chi connectivity index (χ1) is 26.8. The zero-order valence-corrected chi connectivity index (χ0v) is 33.7. The summed E-state index contributed by atoms with van der Waals surface area (Å²) in [5.41, 5.74) is 5.19. The molecule has 2 heterocycles. The molecule has 4 aliphatic rings. The van der Waals surface area contributed by atoms with Crippen LogP contribution in [0.2, 0.25) is 0 Å². The fourth-order valence-electron chi connectivity index (χ4n) is 7.91. The number of carbonyl (C=O) groups excluding carboxylic acids is 3. The molecule has 2 saturated carbocycles. The minimum absolute atomic E-state index is 0.201. The summed E-state index contributed by atoms with van der Waals surface area (Å²) in [5.74, 6) is 1.07. The predicted octanol–water partition coefficient (Wildman–Crippen LogP) is 4.15. The highest BCUT2D eigenvalue weighted by molar-refractivity contribution is 5.77. The van der Waals surface area contributed by atoms with Crippen molar-refractivity contribution in [2.45, 2.75) is 51.7 Å². The average Bonchev–Trinajstić information content (AvgIpc) is 4.08. The van der Waals surface area contributed by atoms with Crippen molar-refractivity contribution in [2.75, 3.05) is 68.6 Å². The fraction of sp³-hybridized carbons (Fsp3) is 0.512. The minimum Gasteiger partial charge on any atom is -0.652 e. The van der Waals surface area contributed by atoms with E-state index in [1.54, 1.807) is 14.2 Å². The first-order valence-corrected chi connectivity index (χ1v) is 19.1. The molecule has 0 unspecified atom stereocenters. The van der Waals surface area contributed by atoms with Gasteiger partial charge >= 0.3 is 12.2 Å². The molecule has 0 radical (unpaired) electrons. The summed E-state index contributed by atoms with van der Waals surface area (Å²) in [6, 6.07) is 19.6. The second kappa shape index (κ2) is 20.5. The van der Waals surface area contributed by atoms with E-state index in [9.17, 15) is 9.59 Å². The number of piperidine rings is 2. The Bertz CT molecular complexity index is 1590. The highest BCUT2D eigenvalue weighted by atomic mass is 16.6. The number of carbonyl (C=O) groups is 3. The maximum Gasteiger partial charge on any atom is 0.410 e. The van der Waals surface area contributed by atoms with E-state index in [-0.39, 0.29) is 12.2 Å². The van der Waals surface area contributed by atoms with E-state index < -0.39 is 6.16 Å². The van der Waals surface area contributed by atoms with Crippen LogP contribution in [0.25, 0.3) is 0 Å². The number of ether oxygens (including phenoxy) is 4. The van der Waals surface area contributed by atoms with Crippen molar-refractivity contribution in [1.29, 1.82) is 0 Å². The van der Waals surface area contributed by atoms with Crippen LogP contribution in [-0.2, 0) is 32.2 Å². The summed E-state index contributed by atoms with van der Waals surface area (Å²) < 4.78 is 25.6. The third kappa shape index (κ3) is 12.9. The van der Waals surface area contributed by atoms with Gasteiger partial charge in [0.25, 0.3) is 0 Å². The number of hydrogen-bond acceptors (Lipinski definition) is 9. The van der Waals surface area contributed by atoms with Crippen molar-refractivity contribution in [3.63, 3.8) is 0 Å². The molecule has 0 N–H and O–H groups in total. The molecule has 2 aliphatic heterocycles. The summed E-state index contributed by atoms with van der Waals surface area (Å²) in [5, 5.41) is 16.7. The molecule has 2 spiro atoms. The zero-order valence-electron chi connectivity index (χ0n) is 33.7. The summed E-state index contributed by atoms with van der Waals surface area (Å²) in [6.45, 7) is 3.75. The average molecular weight is 775 g/mol. The lowest BCUT2D eigenvalue weighted by atomic mass is 9.89. The third-order valence-electron chi connectivity index (χ3n) is 11.0. The zero-order chi connectivity index (χ0) is 40.7. The van der Waals surface area contributed by atoms with Gasteiger partial charge in [-0.25, -0.2) is 18.7 Å². The molecule has 2 amide bonds. The molecule has 304 valence electrons. The molecular formula is C43H58N4O9. The van der Waals surface area contributed by atoms with Crippen molar-refractivity contribution < 1.29 is 52.7 Å². The highest BCUT2D eigenvalue weighted by Crippen LogP contribution is 2.63. The molecule has 6 rings (SSSR count). The molecule has 2 aromatic carbocycles. The van der Waals surface area contributed by atoms with Crippen molar-refractivity contribution in [3.8, 4) is 0 Å². The normalized spacial score (nSPS) is 20.2. The van der Waals surface area contributed by atoms with Gasteiger partial charge in [0, 0.05) is 26.2 Å². The third-order valence-corrected chi connectivity index (χ3v) is 11.0. The van der Waals surface area contributed by atoms with E-state index in [0.717, 1.165) is 63.0 Å². The van der Waals surface area contributed by atoms with Crippen LogP contribution in [0.15, 0.2) is 84.3 Å². The van der Waals surface area contributed by atoms with Crippen LogP contribution in [0.3, 0.4) is 0 Å². The quantitative estimate of drug-likeness (QED) is 0.197. The Balaban J connectivity index is 0.000000227. The summed E-state index contributed by atoms with van der Waals surface area (Å²) in [4.78, 5) is 36.7. The van der Waals surface area contributed by atoms with Gasteiger partial charge in [0.05, 0.1) is 37.9 Å². The Kier molecular flexibility index (Phi) is 15.9. The molecule has 2 saturated heterocycles. The van der Waals surface area contributed by atoms with Gasteiger partial charge < -0.3 is 43.8 Å². The van der Waals surface area contributed by atoms with Gasteiger partial charge in [0.1, 0.15) is 41.4 Å². The predicted molar refractivity (Wildman–Crippen MR) is 208 cm³/mol. The van der Waals surface area contributed by atoms with Crippen LogP contribution in [0.1, 0.15) is 49.7 Å². The number of allylic oxidation sites excluding steroid dienone is 2. The summed E-state index contributed by atoms with van der Waals surface area (Å²) >= 11 is 0. The number of rotatable bonds is 10. The van der Waals surface area contributed by atoms with Gasteiger partial charge in [-0.15, -0.1) is 0 Å². The van der Waals surface area contributed by atoms with Crippen molar-refractivity contribution in [3.05, 3.63) is 95.5 Å². The Morgan fingerprint density at radius 3 is 1.25 bits per heavy atom. The fourth-order valence-corrected chi connectivity index (χ4v) is 7.91. The van der Waals surface area contributed by atoms with Crippen LogP contribution >= 0.6 is 0 Å². The van der Waals surface area contributed by atoms with E-state index in [0.29, 0.717) is 35.9 Å². The Hall–Kier alpha value is -5.33. The summed E-state index contributed by atoms with van der Waals surface area (Å²) in [6.07, 6.45) is 11.7. The molecule has 13 heteroatoms. The van der Waals surface area contributed by atoms with Gasteiger partial charge in [0.15, 0.2) is 12.4 Å². The largest absolute Gasteiger partial charge is 0.652 e. The van der Waals surface area contributed by atoms with Crippen LogP contribution in [0.4, 0.5) is 14.4 Å². The van der Waals surface area contributed by atoms with Crippen LogP contribution in [0, 0.1) is 22.7 Å². The summed E-state index contributed by atoms with van der Waals surface area (Å²) in [7, 11) is 11.5. The van der Waals surface area contributed by atoms with Gasteiger partial charge in [-0.05, 0) is 78.5 Å². The van der Waals surface area contributed by atoms with E-state index >= 15 is 0 Å². The smallest absolute Gasteiger partial charge is 0.410 e. The monoisotopic (exact) mass is 774 g/mol. The molecule has 0 aromatic heterocycles. The first kappa shape index (κ1) is 43.4. The lowest BCUT2D eigenvalue weighted by Crippen LogP contribution is -2.40. The van der Waals surface area contributed by atoms with E-state index in [1.165, 1.54) is 24.0 Å². The maximum atomic E-state index is 12.3. The number of methoxy groups -OCH3 is 2. The Labute approximate surface area is 331 Å². The van der Waals surface area contributed by atoms with E-state index in [2.05, 4.69) is 21.6 Å². The molecule has 0 bridgehead atoms. The van der Waals surface area contributed by atoms with Crippen molar-refractivity contribution in [1.82, 2.24) is 9.80 Å². The van der Waals surface area contributed by atoms with E-state index in [4.69, 9.17) is 34.0 Å². The highest BCUT2D eigenvalue weighted by Gasteiger charge is 2.58. The molecule has 56 heavy (non-hydrogen) atoms. The van der Waals surface area contributed by atoms with Crippen molar-refractivity contribution in [2.24, 2.45) is 22.7 Å².